The molecule has 1 aliphatic rings. The summed E-state index contributed by atoms with van der Waals surface area (Å²) >= 11 is 0. The number of anilines is 1. The molecule has 1 aromatic heterocycles. The van der Waals surface area contributed by atoms with Gasteiger partial charge in [0.05, 0.1) is 16.0 Å². The van der Waals surface area contributed by atoms with Gasteiger partial charge >= 0.3 is 0 Å². The number of benzene rings is 2. The first-order chi connectivity index (χ1) is 17.2. The molecule has 0 unspecified atom stereocenters. The maximum absolute atomic E-state index is 13.2. The van der Waals surface area contributed by atoms with E-state index >= 15 is 0 Å². The lowest BCUT2D eigenvalue weighted by molar-refractivity contribution is -0.384. The molecule has 4 rings (SSSR count). The number of rotatable bonds is 9. The molecule has 0 aliphatic heterocycles. The molecule has 188 valence electrons. The number of hydrogen-bond acceptors (Lipinski definition) is 6. The number of non-ortho nitro benzene ring substituents is 1. The van der Waals surface area contributed by atoms with Gasteiger partial charge in [0.2, 0.25) is 11.9 Å². The van der Waals surface area contributed by atoms with Gasteiger partial charge in [-0.25, -0.2) is 4.98 Å². The molecule has 3 N–H and O–H groups in total. The van der Waals surface area contributed by atoms with Gasteiger partial charge in [-0.05, 0) is 31.0 Å². The van der Waals surface area contributed by atoms with Crippen LogP contribution in [0.4, 0.5) is 11.6 Å². The molecular formula is C26H30N6O4. The number of nitrogens with one attached hydrogen (secondary N) is 1. The fraction of sp³-hybridized carbons (Fsp3) is 0.346. The predicted octanol–water partition coefficient (Wildman–Crippen LogP) is 4.31. The second-order valence-electron chi connectivity index (χ2n) is 9.13. The lowest BCUT2D eigenvalue weighted by Gasteiger charge is -2.31. The molecule has 3 aromatic rings. The highest BCUT2D eigenvalue weighted by Gasteiger charge is 2.24. The van der Waals surface area contributed by atoms with E-state index in [1.165, 1.54) is 18.6 Å². The number of aryl methyl sites for hydroxylation is 1. The van der Waals surface area contributed by atoms with Gasteiger partial charge in [-0.3, -0.25) is 19.7 Å². The number of amides is 2. The molecule has 10 nitrogen and oxygen atoms in total. The summed E-state index contributed by atoms with van der Waals surface area (Å²) in [5.41, 5.74) is 8.11. The third kappa shape index (κ3) is 5.37. The van der Waals surface area contributed by atoms with Crippen molar-refractivity contribution in [1.29, 1.82) is 0 Å². The van der Waals surface area contributed by atoms with Crippen LogP contribution in [0.3, 0.4) is 0 Å². The average molecular weight is 491 g/mol. The summed E-state index contributed by atoms with van der Waals surface area (Å²) in [6, 6.07) is 11.7. The molecule has 0 bridgehead atoms. The number of nitrogens with zero attached hydrogens (tertiary/aromatic N) is 4. The van der Waals surface area contributed by atoms with Gasteiger partial charge in [0.25, 0.3) is 11.6 Å². The molecule has 0 spiro atoms. The van der Waals surface area contributed by atoms with Crippen molar-refractivity contribution in [3.8, 4) is 0 Å². The average Bonchev–Trinajstić information content (AvgIpc) is 3.22. The summed E-state index contributed by atoms with van der Waals surface area (Å²) in [6.07, 6.45) is 5.60. The monoisotopic (exact) mass is 490 g/mol. The fourth-order valence-corrected chi connectivity index (χ4v) is 4.66. The Bertz CT molecular complexity index is 1330. The number of carbonyl (C=O) groups excluding carboxylic acids is 2. The van der Waals surface area contributed by atoms with Gasteiger partial charge in [0, 0.05) is 55.0 Å². The van der Waals surface area contributed by atoms with Crippen LogP contribution in [0.2, 0.25) is 0 Å². The van der Waals surface area contributed by atoms with Crippen LogP contribution >= 0.6 is 0 Å². The van der Waals surface area contributed by atoms with Crippen molar-refractivity contribution in [1.82, 2.24) is 14.5 Å². The van der Waals surface area contributed by atoms with Crippen molar-refractivity contribution in [3.63, 3.8) is 0 Å². The highest BCUT2D eigenvalue weighted by atomic mass is 16.6. The van der Waals surface area contributed by atoms with E-state index in [2.05, 4.69) is 16.9 Å². The van der Waals surface area contributed by atoms with E-state index in [0.29, 0.717) is 28.3 Å². The Hall–Kier alpha value is -4.21. The molecule has 1 heterocycles. The zero-order valence-electron chi connectivity index (χ0n) is 20.3. The minimum absolute atomic E-state index is 0.0500. The number of nitro benzene ring substituents is 1. The van der Waals surface area contributed by atoms with Gasteiger partial charge < -0.3 is 20.5 Å². The molecule has 1 aliphatic carbocycles. The second kappa shape index (κ2) is 10.6. The maximum Gasteiger partial charge on any atom is 0.270 e. The van der Waals surface area contributed by atoms with Crippen molar-refractivity contribution >= 4 is 40.2 Å². The number of nitrogens with two attached hydrogens (primary N) is 1. The number of imidazole rings is 1. The van der Waals surface area contributed by atoms with Crippen LogP contribution in [-0.4, -0.2) is 44.3 Å². The quantitative estimate of drug-likeness (QED) is 0.339. The Morgan fingerprint density at radius 2 is 1.94 bits per heavy atom. The van der Waals surface area contributed by atoms with E-state index < -0.39 is 10.8 Å². The summed E-state index contributed by atoms with van der Waals surface area (Å²) in [5, 5.41) is 14.3. The van der Waals surface area contributed by atoms with Crippen LogP contribution in [-0.2, 0) is 11.3 Å². The third-order valence-electron chi connectivity index (χ3n) is 6.69. The number of primary amides is 1. The van der Waals surface area contributed by atoms with E-state index in [4.69, 9.17) is 5.73 Å². The Balaban J connectivity index is 1.64. The van der Waals surface area contributed by atoms with Crippen LogP contribution in [0.1, 0.15) is 54.4 Å². The van der Waals surface area contributed by atoms with E-state index in [9.17, 15) is 19.7 Å². The molecule has 10 heteroatoms. The Morgan fingerprint density at radius 1 is 1.19 bits per heavy atom. The number of carbonyl (C=O) groups is 2. The normalized spacial score (nSPS) is 13.9. The van der Waals surface area contributed by atoms with Gasteiger partial charge in [-0.2, -0.15) is 0 Å². The predicted molar refractivity (Wildman–Crippen MR) is 138 cm³/mol. The third-order valence-corrected chi connectivity index (χ3v) is 6.69. The molecule has 1 saturated carbocycles. The summed E-state index contributed by atoms with van der Waals surface area (Å²) < 4.78 is 1.79. The van der Waals surface area contributed by atoms with Crippen molar-refractivity contribution in [2.45, 2.75) is 51.1 Å². The van der Waals surface area contributed by atoms with Gasteiger partial charge in [0.1, 0.15) is 0 Å². The van der Waals surface area contributed by atoms with E-state index in [0.717, 1.165) is 31.2 Å². The SMILES string of the molecule is C=C(Nc1nc2cc(C(=O)N(C)C3CCCCC3)ccc2n1CCC(N)=O)c1cccc([N+](=O)[O-])c1. The van der Waals surface area contributed by atoms with Gasteiger partial charge in [-0.1, -0.05) is 38.0 Å². The largest absolute Gasteiger partial charge is 0.370 e. The first kappa shape index (κ1) is 24.9. The number of nitro groups is 1. The minimum atomic E-state index is -0.470. The van der Waals surface area contributed by atoms with Crippen LogP contribution < -0.4 is 11.1 Å². The summed E-state index contributed by atoms with van der Waals surface area (Å²) in [6.45, 7) is 4.28. The van der Waals surface area contributed by atoms with Crippen LogP contribution in [0.25, 0.3) is 16.7 Å². The molecule has 0 atom stereocenters. The first-order valence-electron chi connectivity index (χ1n) is 12.0. The molecule has 0 saturated heterocycles. The van der Waals surface area contributed by atoms with Crippen molar-refractivity contribution in [2.75, 3.05) is 12.4 Å². The van der Waals surface area contributed by atoms with E-state index in [1.54, 1.807) is 28.8 Å². The maximum atomic E-state index is 13.2. The lowest BCUT2D eigenvalue weighted by atomic mass is 9.94. The van der Waals surface area contributed by atoms with E-state index in [-0.39, 0.29) is 30.6 Å². The zero-order chi connectivity index (χ0) is 25.8. The molecule has 1 fully saturated rings. The highest BCUT2D eigenvalue weighted by molar-refractivity contribution is 5.98. The molecule has 36 heavy (non-hydrogen) atoms. The minimum Gasteiger partial charge on any atom is -0.370 e. The molecule has 0 radical (unpaired) electrons. The number of aromatic nitrogens is 2. The highest BCUT2D eigenvalue weighted by Crippen LogP contribution is 2.27. The standard InChI is InChI=1S/C26H30N6O4/c1-17(18-7-6-10-21(15-18)32(35)36)28-26-29-22-16-19(11-12-23(22)31(26)14-13-24(27)33)25(34)30(2)20-8-4-3-5-9-20/h6-7,10-12,15-16,20H,1,3-5,8-9,13-14H2,2H3,(H2,27,33)(H,28,29). The Morgan fingerprint density at radius 3 is 2.64 bits per heavy atom. The summed E-state index contributed by atoms with van der Waals surface area (Å²) in [5.74, 6) is -0.111. The van der Waals surface area contributed by atoms with E-state index in [1.807, 2.05) is 18.0 Å². The second-order valence-corrected chi connectivity index (χ2v) is 9.13. The lowest BCUT2D eigenvalue weighted by Crippen LogP contribution is -2.38. The van der Waals surface area contributed by atoms with Gasteiger partial charge in [0.15, 0.2) is 0 Å². The van der Waals surface area contributed by atoms with Crippen molar-refractivity contribution in [3.05, 3.63) is 70.3 Å². The van der Waals surface area contributed by atoms with Crippen LogP contribution in [0.15, 0.2) is 49.0 Å². The first-order valence-corrected chi connectivity index (χ1v) is 12.0. The van der Waals surface area contributed by atoms with Gasteiger partial charge in [-0.15, -0.1) is 0 Å². The van der Waals surface area contributed by atoms with Crippen molar-refractivity contribution < 1.29 is 14.5 Å². The summed E-state index contributed by atoms with van der Waals surface area (Å²) in [4.78, 5) is 41.9. The Labute approximate surface area is 208 Å². The number of fused-ring (bicyclic) bond motifs is 1. The number of hydrogen-bond donors (Lipinski definition) is 2. The Kier molecular flexibility index (Phi) is 7.33. The molecular weight excluding hydrogens is 460 g/mol. The molecule has 2 amide bonds. The smallest absolute Gasteiger partial charge is 0.270 e. The van der Waals surface area contributed by atoms with Crippen LogP contribution in [0.5, 0.6) is 0 Å². The van der Waals surface area contributed by atoms with Crippen molar-refractivity contribution in [2.24, 2.45) is 5.73 Å². The molecule has 2 aromatic carbocycles. The fourth-order valence-electron chi connectivity index (χ4n) is 4.66. The summed E-state index contributed by atoms with van der Waals surface area (Å²) in [7, 11) is 1.85. The zero-order valence-corrected chi connectivity index (χ0v) is 20.3. The topological polar surface area (TPSA) is 136 Å². The van der Waals surface area contributed by atoms with Crippen LogP contribution in [0, 0.1) is 10.1 Å².